The van der Waals surface area contributed by atoms with E-state index < -0.39 is 21.4 Å². The first-order valence-electron chi connectivity index (χ1n) is 7.09. The van der Waals surface area contributed by atoms with Crippen molar-refractivity contribution in [1.82, 2.24) is 9.71 Å². The van der Waals surface area contributed by atoms with Crippen molar-refractivity contribution in [3.63, 3.8) is 0 Å². The number of carbonyl (C=O) groups is 1. The molecule has 1 aliphatic rings. The molecule has 1 fully saturated rings. The van der Waals surface area contributed by atoms with Gasteiger partial charge in [0, 0.05) is 18.9 Å². The third kappa shape index (κ3) is 3.79. The summed E-state index contributed by atoms with van der Waals surface area (Å²) in [6.07, 6.45) is 7.42. The second kappa shape index (κ2) is 6.53. The van der Waals surface area contributed by atoms with Crippen molar-refractivity contribution in [2.45, 2.75) is 43.4 Å². The van der Waals surface area contributed by atoms with Crippen LogP contribution in [0, 0.1) is 5.41 Å². The van der Waals surface area contributed by atoms with Gasteiger partial charge in [0.05, 0.1) is 5.41 Å². The van der Waals surface area contributed by atoms with Crippen molar-refractivity contribution >= 4 is 16.0 Å². The summed E-state index contributed by atoms with van der Waals surface area (Å²) in [5, 5.41) is 9.53. The second-order valence-corrected chi connectivity index (χ2v) is 7.28. The number of nitrogens with zero attached hydrogens (tertiary/aromatic N) is 1. The number of sulfonamides is 1. The molecule has 1 aliphatic carbocycles. The highest BCUT2D eigenvalue weighted by atomic mass is 32.2. The van der Waals surface area contributed by atoms with Gasteiger partial charge in [-0.3, -0.25) is 9.78 Å². The molecule has 2 rings (SSSR count). The maximum absolute atomic E-state index is 12.2. The normalized spacial score (nSPS) is 18.9. The van der Waals surface area contributed by atoms with Crippen LogP contribution in [-0.2, 0) is 14.8 Å². The zero-order chi connectivity index (χ0) is 15.3. The van der Waals surface area contributed by atoms with Gasteiger partial charge in [0.15, 0.2) is 0 Å². The first kappa shape index (κ1) is 15.9. The first-order chi connectivity index (χ1) is 9.96. The van der Waals surface area contributed by atoms with Crippen molar-refractivity contribution in [2.75, 3.05) is 6.54 Å². The zero-order valence-corrected chi connectivity index (χ0v) is 12.6. The highest BCUT2D eigenvalue weighted by molar-refractivity contribution is 7.89. The van der Waals surface area contributed by atoms with Crippen LogP contribution in [0.25, 0.3) is 0 Å². The minimum Gasteiger partial charge on any atom is -0.481 e. The fourth-order valence-corrected chi connectivity index (χ4v) is 3.78. The molecule has 1 aromatic rings. The molecule has 0 radical (unpaired) electrons. The number of rotatable bonds is 5. The molecular weight excluding hydrogens is 292 g/mol. The number of hydrogen-bond acceptors (Lipinski definition) is 4. The minimum absolute atomic E-state index is 0.0548. The van der Waals surface area contributed by atoms with Crippen LogP contribution in [0.15, 0.2) is 29.4 Å². The van der Waals surface area contributed by atoms with Crippen molar-refractivity contribution in [1.29, 1.82) is 0 Å². The highest BCUT2D eigenvalue weighted by Crippen LogP contribution is 2.35. The summed E-state index contributed by atoms with van der Waals surface area (Å²) in [7, 11) is -3.72. The summed E-state index contributed by atoms with van der Waals surface area (Å²) < 4.78 is 26.8. The monoisotopic (exact) mass is 312 g/mol. The molecular formula is C14H20N2O4S. The third-order valence-electron chi connectivity index (χ3n) is 4.06. The van der Waals surface area contributed by atoms with Crippen LogP contribution in [-0.4, -0.2) is 31.0 Å². The van der Waals surface area contributed by atoms with Gasteiger partial charge in [0.2, 0.25) is 10.0 Å². The van der Waals surface area contributed by atoms with Gasteiger partial charge in [0.25, 0.3) is 0 Å². The van der Waals surface area contributed by atoms with Crippen LogP contribution < -0.4 is 4.72 Å². The van der Waals surface area contributed by atoms with Crippen molar-refractivity contribution in [3.05, 3.63) is 24.5 Å². The Labute approximate surface area is 124 Å². The van der Waals surface area contributed by atoms with E-state index in [1.807, 2.05) is 0 Å². The van der Waals surface area contributed by atoms with Gasteiger partial charge in [0.1, 0.15) is 4.90 Å². The Morgan fingerprint density at radius 1 is 1.29 bits per heavy atom. The van der Waals surface area contributed by atoms with Gasteiger partial charge in [-0.2, -0.15) is 0 Å². The average molecular weight is 312 g/mol. The van der Waals surface area contributed by atoms with E-state index in [2.05, 4.69) is 9.71 Å². The number of pyridine rings is 1. The fraction of sp³-hybridized carbons (Fsp3) is 0.571. The summed E-state index contributed by atoms with van der Waals surface area (Å²) in [6.45, 7) is -0.0699. The van der Waals surface area contributed by atoms with Crippen LogP contribution in [0.2, 0.25) is 0 Å². The van der Waals surface area contributed by atoms with E-state index in [4.69, 9.17) is 0 Å². The summed E-state index contributed by atoms with van der Waals surface area (Å²) >= 11 is 0. The highest BCUT2D eigenvalue weighted by Gasteiger charge is 2.39. The molecule has 116 valence electrons. The van der Waals surface area contributed by atoms with Gasteiger partial charge in [-0.25, -0.2) is 13.1 Å². The molecule has 0 saturated heterocycles. The quantitative estimate of drug-likeness (QED) is 0.808. The van der Waals surface area contributed by atoms with E-state index in [-0.39, 0.29) is 11.4 Å². The van der Waals surface area contributed by atoms with Gasteiger partial charge in [-0.15, -0.1) is 0 Å². The lowest BCUT2D eigenvalue weighted by molar-refractivity contribution is -0.149. The topological polar surface area (TPSA) is 96.4 Å². The molecule has 7 heteroatoms. The van der Waals surface area contributed by atoms with Gasteiger partial charge in [-0.05, 0) is 25.0 Å². The predicted molar refractivity (Wildman–Crippen MR) is 77.2 cm³/mol. The van der Waals surface area contributed by atoms with E-state index >= 15 is 0 Å². The lowest BCUT2D eigenvalue weighted by Gasteiger charge is -2.28. The Balaban J connectivity index is 2.13. The predicted octanol–water partition coefficient (Wildman–Crippen LogP) is 1.79. The van der Waals surface area contributed by atoms with E-state index in [1.54, 1.807) is 0 Å². The van der Waals surface area contributed by atoms with Crippen LogP contribution in [0.5, 0.6) is 0 Å². The van der Waals surface area contributed by atoms with Crippen molar-refractivity contribution < 1.29 is 18.3 Å². The molecule has 2 N–H and O–H groups in total. The number of carboxylic acids is 1. The number of hydrogen-bond donors (Lipinski definition) is 2. The molecule has 0 aliphatic heterocycles. The zero-order valence-electron chi connectivity index (χ0n) is 11.8. The molecule has 0 amide bonds. The largest absolute Gasteiger partial charge is 0.481 e. The SMILES string of the molecule is O=C(O)C1(CNS(=O)(=O)c2cccnc2)CCCCCC1. The Hall–Kier alpha value is -1.47. The van der Waals surface area contributed by atoms with E-state index in [0.29, 0.717) is 12.8 Å². The molecule has 0 unspecified atom stereocenters. The summed E-state index contributed by atoms with van der Waals surface area (Å²) in [5.41, 5.74) is -0.994. The lowest BCUT2D eigenvalue weighted by atomic mass is 9.80. The van der Waals surface area contributed by atoms with Crippen LogP contribution in [0.4, 0.5) is 0 Å². The molecule has 0 spiro atoms. The van der Waals surface area contributed by atoms with Crippen molar-refractivity contribution in [3.8, 4) is 0 Å². The Morgan fingerprint density at radius 3 is 2.48 bits per heavy atom. The smallest absolute Gasteiger partial charge is 0.310 e. The maximum atomic E-state index is 12.2. The van der Waals surface area contributed by atoms with Crippen LogP contribution >= 0.6 is 0 Å². The van der Waals surface area contributed by atoms with Gasteiger partial charge < -0.3 is 5.11 Å². The summed E-state index contributed by atoms with van der Waals surface area (Å²) in [4.78, 5) is 15.5. The number of aromatic nitrogens is 1. The molecule has 1 heterocycles. The Bertz CT molecular complexity index is 578. The molecule has 0 atom stereocenters. The van der Waals surface area contributed by atoms with Crippen LogP contribution in [0.1, 0.15) is 38.5 Å². The van der Waals surface area contributed by atoms with Crippen molar-refractivity contribution in [2.24, 2.45) is 5.41 Å². The molecule has 0 aromatic carbocycles. The lowest BCUT2D eigenvalue weighted by Crippen LogP contribution is -2.42. The third-order valence-corrected chi connectivity index (χ3v) is 5.45. The summed E-state index contributed by atoms with van der Waals surface area (Å²) in [6, 6.07) is 2.98. The standard InChI is InChI=1S/C14H20N2O4S/c17-13(18)14(7-3-1-2-4-8-14)11-16-21(19,20)12-6-5-9-15-10-12/h5-6,9-10,16H,1-4,7-8,11H2,(H,17,18). The van der Waals surface area contributed by atoms with Crippen LogP contribution in [0.3, 0.4) is 0 Å². The van der Waals surface area contributed by atoms with E-state index in [1.165, 1.54) is 24.5 Å². The fourth-order valence-electron chi connectivity index (χ4n) is 2.69. The van der Waals surface area contributed by atoms with E-state index in [0.717, 1.165) is 25.7 Å². The molecule has 0 bridgehead atoms. The first-order valence-corrected chi connectivity index (χ1v) is 8.58. The summed E-state index contributed by atoms with van der Waals surface area (Å²) in [5.74, 6) is -0.918. The number of aliphatic carboxylic acids is 1. The van der Waals surface area contributed by atoms with Gasteiger partial charge in [-0.1, -0.05) is 25.7 Å². The molecule has 1 saturated carbocycles. The molecule has 6 nitrogen and oxygen atoms in total. The Kier molecular flexibility index (Phi) is 4.95. The number of nitrogens with one attached hydrogen (secondary N) is 1. The average Bonchev–Trinajstić information content (AvgIpc) is 2.73. The maximum Gasteiger partial charge on any atom is 0.310 e. The Morgan fingerprint density at radius 2 is 1.95 bits per heavy atom. The van der Waals surface area contributed by atoms with Gasteiger partial charge >= 0.3 is 5.97 Å². The van der Waals surface area contributed by atoms with E-state index in [9.17, 15) is 18.3 Å². The molecule has 21 heavy (non-hydrogen) atoms. The minimum atomic E-state index is -3.72. The molecule has 1 aromatic heterocycles. The number of carboxylic acid groups (broad SMARTS) is 1. The second-order valence-electron chi connectivity index (χ2n) is 5.51.